The van der Waals surface area contributed by atoms with E-state index in [-0.39, 0.29) is 19.4 Å². The fraction of sp³-hybridized carbons (Fsp3) is 0.929. The lowest BCUT2D eigenvalue weighted by Crippen LogP contribution is -2.43. The van der Waals surface area contributed by atoms with Crippen molar-refractivity contribution < 1.29 is 35.9 Å². The zero-order chi connectivity index (χ0) is 17.5. The summed E-state index contributed by atoms with van der Waals surface area (Å²) in [5, 5.41) is -4.98. The molecule has 0 bridgehead atoms. The number of unbranched alkanes of at least 4 members (excludes halogenated alkanes) is 1. The molecule has 0 heterocycles. The molecule has 0 spiro atoms. The standard InChI is InChI=1S/C14H22F4O4S/c15-13(16,14(17,18)23(20)21)8-4-5-9-22-12(19)10-11-6-2-1-3-7-11/h11H,1-10H2,(H,20,21). The predicted octanol–water partition coefficient (Wildman–Crippen LogP) is 4.12. The van der Waals surface area contributed by atoms with Gasteiger partial charge in [-0.3, -0.25) is 4.79 Å². The molecule has 1 atom stereocenters. The minimum absolute atomic E-state index is 0.000139. The molecule has 1 unspecified atom stereocenters. The summed E-state index contributed by atoms with van der Waals surface area (Å²) in [6, 6.07) is 0. The number of rotatable bonds is 9. The number of carbonyl (C=O) groups excluding carboxylic acids is 1. The lowest BCUT2D eigenvalue weighted by molar-refractivity contribution is -0.162. The lowest BCUT2D eigenvalue weighted by atomic mass is 9.87. The van der Waals surface area contributed by atoms with Crippen LogP contribution in [0.2, 0.25) is 0 Å². The Morgan fingerprint density at radius 3 is 2.30 bits per heavy atom. The van der Waals surface area contributed by atoms with Gasteiger partial charge in [-0.1, -0.05) is 19.3 Å². The number of hydrogen-bond acceptors (Lipinski definition) is 3. The molecule has 1 aliphatic carbocycles. The van der Waals surface area contributed by atoms with Crippen LogP contribution in [0.15, 0.2) is 0 Å². The second-order valence-corrected chi connectivity index (χ2v) is 6.87. The van der Waals surface area contributed by atoms with Crippen molar-refractivity contribution in [1.29, 1.82) is 0 Å². The Morgan fingerprint density at radius 2 is 1.74 bits per heavy atom. The highest BCUT2D eigenvalue weighted by atomic mass is 32.2. The zero-order valence-corrected chi connectivity index (χ0v) is 13.6. The van der Waals surface area contributed by atoms with E-state index in [0.29, 0.717) is 12.3 Å². The Bertz CT molecular complexity index is 412. The van der Waals surface area contributed by atoms with E-state index >= 15 is 0 Å². The fourth-order valence-corrected chi connectivity index (χ4v) is 2.95. The molecule has 0 amide bonds. The number of esters is 1. The summed E-state index contributed by atoms with van der Waals surface area (Å²) < 4.78 is 75.3. The van der Waals surface area contributed by atoms with Crippen molar-refractivity contribution in [2.45, 2.75) is 69.0 Å². The minimum Gasteiger partial charge on any atom is -0.466 e. The highest BCUT2D eigenvalue weighted by Crippen LogP contribution is 2.40. The van der Waals surface area contributed by atoms with Crippen molar-refractivity contribution in [3.63, 3.8) is 0 Å². The SMILES string of the molecule is O=C(CC1CCCCC1)OCCCCC(F)(F)C(F)(F)S(=O)O. The topological polar surface area (TPSA) is 63.6 Å². The lowest BCUT2D eigenvalue weighted by Gasteiger charge is -2.23. The predicted molar refractivity (Wildman–Crippen MR) is 76.7 cm³/mol. The number of alkyl halides is 4. The average molecular weight is 362 g/mol. The van der Waals surface area contributed by atoms with Crippen molar-refractivity contribution in [2.24, 2.45) is 5.92 Å². The molecule has 4 nitrogen and oxygen atoms in total. The van der Waals surface area contributed by atoms with Gasteiger partial charge in [-0.25, -0.2) is 4.21 Å². The monoisotopic (exact) mass is 362 g/mol. The molecule has 1 N–H and O–H groups in total. The first kappa shape index (κ1) is 20.3. The molecule has 0 radical (unpaired) electrons. The van der Waals surface area contributed by atoms with Gasteiger partial charge in [0.1, 0.15) is 0 Å². The molecule has 0 aromatic heterocycles. The van der Waals surface area contributed by atoms with Crippen molar-refractivity contribution in [1.82, 2.24) is 0 Å². The van der Waals surface area contributed by atoms with E-state index in [4.69, 9.17) is 9.29 Å². The Labute approximate surface area is 135 Å². The average Bonchev–Trinajstić information content (AvgIpc) is 2.47. The zero-order valence-electron chi connectivity index (χ0n) is 12.7. The Balaban J connectivity index is 2.19. The van der Waals surface area contributed by atoms with Gasteiger partial charge in [0.05, 0.1) is 6.61 Å². The van der Waals surface area contributed by atoms with E-state index in [2.05, 4.69) is 0 Å². The van der Waals surface area contributed by atoms with Crippen LogP contribution >= 0.6 is 0 Å². The normalized spacial score (nSPS) is 18.7. The maximum atomic E-state index is 13.1. The molecular weight excluding hydrogens is 340 g/mol. The second kappa shape index (κ2) is 8.96. The summed E-state index contributed by atoms with van der Waals surface area (Å²) in [4.78, 5) is 11.6. The Hall–Kier alpha value is -0.700. The van der Waals surface area contributed by atoms with E-state index in [1.54, 1.807) is 0 Å². The summed E-state index contributed by atoms with van der Waals surface area (Å²) in [6.07, 6.45) is 4.04. The second-order valence-electron chi connectivity index (χ2n) is 5.86. The summed E-state index contributed by atoms with van der Waals surface area (Å²) in [7, 11) is 0. The highest BCUT2D eigenvalue weighted by Gasteiger charge is 2.60. The summed E-state index contributed by atoms with van der Waals surface area (Å²) in [5.41, 5.74) is 0. The van der Waals surface area contributed by atoms with Crippen molar-refractivity contribution in [2.75, 3.05) is 6.61 Å². The number of hydrogen-bond donors (Lipinski definition) is 1. The smallest absolute Gasteiger partial charge is 0.406 e. The molecule has 0 aliphatic heterocycles. The van der Waals surface area contributed by atoms with E-state index in [9.17, 15) is 26.6 Å². The number of ether oxygens (including phenoxy) is 1. The van der Waals surface area contributed by atoms with E-state index in [0.717, 1.165) is 25.7 Å². The van der Waals surface area contributed by atoms with Crippen molar-refractivity contribution >= 4 is 17.0 Å². The third-order valence-electron chi connectivity index (χ3n) is 3.97. The summed E-state index contributed by atoms with van der Waals surface area (Å²) >= 11 is -3.93. The van der Waals surface area contributed by atoms with Crippen LogP contribution in [0.4, 0.5) is 17.6 Å². The first-order valence-electron chi connectivity index (χ1n) is 7.69. The molecule has 1 saturated carbocycles. The van der Waals surface area contributed by atoms with Gasteiger partial charge in [-0.15, -0.1) is 0 Å². The number of halogens is 4. The molecule has 1 aliphatic rings. The molecule has 136 valence electrons. The maximum Gasteiger partial charge on any atom is 0.406 e. The third-order valence-corrected chi connectivity index (χ3v) is 4.71. The van der Waals surface area contributed by atoms with Crippen LogP contribution in [0.1, 0.15) is 57.8 Å². The molecule has 9 heteroatoms. The van der Waals surface area contributed by atoms with Gasteiger partial charge >= 0.3 is 17.1 Å². The minimum atomic E-state index is -4.98. The molecule has 1 fully saturated rings. The quantitative estimate of drug-likeness (QED) is 0.290. The molecule has 23 heavy (non-hydrogen) atoms. The van der Waals surface area contributed by atoms with Crippen LogP contribution in [-0.4, -0.2) is 32.5 Å². The molecule has 0 saturated heterocycles. The Morgan fingerprint density at radius 1 is 1.13 bits per heavy atom. The summed E-state index contributed by atoms with van der Waals surface area (Å²) in [5.74, 6) is -4.66. The van der Waals surface area contributed by atoms with Crippen LogP contribution in [0, 0.1) is 5.92 Å². The largest absolute Gasteiger partial charge is 0.466 e. The summed E-state index contributed by atoms with van der Waals surface area (Å²) in [6.45, 7) is -0.116. The van der Waals surface area contributed by atoms with E-state index in [1.165, 1.54) is 6.42 Å². The van der Waals surface area contributed by atoms with E-state index in [1.807, 2.05) is 0 Å². The fourth-order valence-electron chi connectivity index (χ4n) is 2.59. The Kier molecular flexibility index (Phi) is 7.93. The van der Waals surface area contributed by atoms with Crippen molar-refractivity contribution in [3.8, 4) is 0 Å². The third kappa shape index (κ3) is 6.37. The van der Waals surface area contributed by atoms with Gasteiger partial charge in [0, 0.05) is 12.8 Å². The molecule has 0 aromatic rings. The molecule has 1 rings (SSSR count). The first-order chi connectivity index (χ1) is 10.7. The van der Waals surface area contributed by atoms with Gasteiger partial charge in [0.25, 0.3) is 0 Å². The van der Waals surface area contributed by atoms with Crippen LogP contribution in [0.3, 0.4) is 0 Å². The van der Waals surface area contributed by atoms with Crippen LogP contribution in [0.5, 0.6) is 0 Å². The van der Waals surface area contributed by atoms with Crippen LogP contribution in [-0.2, 0) is 20.6 Å². The van der Waals surface area contributed by atoms with Crippen molar-refractivity contribution in [3.05, 3.63) is 0 Å². The van der Waals surface area contributed by atoms with Gasteiger partial charge in [-0.2, -0.15) is 17.6 Å². The molecular formula is C14H22F4O4S. The van der Waals surface area contributed by atoms with Crippen LogP contribution < -0.4 is 0 Å². The van der Waals surface area contributed by atoms with Gasteiger partial charge in [-0.05, 0) is 31.6 Å². The highest BCUT2D eigenvalue weighted by molar-refractivity contribution is 7.80. The molecule has 0 aromatic carbocycles. The van der Waals surface area contributed by atoms with E-state index < -0.39 is 34.6 Å². The van der Waals surface area contributed by atoms with Crippen LogP contribution in [0.25, 0.3) is 0 Å². The van der Waals surface area contributed by atoms with Gasteiger partial charge in [0.15, 0.2) is 0 Å². The van der Waals surface area contributed by atoms with Gasteiger partial charge < -0.3 is 9.29 Å². The maximum absolute atomic E-state index is 13.1. The number of carbonyl (C=O) groups is 1. The first-order valence-corrected chi connectivity index (χ1v) is 8.79. The van der Waals surface area contributed by atoms with Gasteiger partial charge in [0.2, 0.25) is 11.1 Å².